The van der Waals surface area contributed by atoms with Gasteiger partial charge in [0.15, 0.2) is 11.4 Å². The second-order valence-corrected chi connectivity index (χ2v) is 10.1. The van der Waals surface area contributed by atoms with Crippen molar-refractivity contribution in [2.45, 2.75) is 69.9 Å². The van der Waals surface area contributed by atoms with Crippen molar-refractivity contribution in [3.8, 4) is 0 Å². The number of ether oxygens (including phenoxy) is 3. The highest BCUT2D eigenvalue weighted by Crippen LogP contribution is 2.48. The molecule has 8 heteroatoms. The van der Waals surface area contributed by atoms with Crippen molar-refractivity contribution in [2.75, 3.05) is 6.61 Å². The highest BCUT2D eigenvalue weighted by Gasteiger charge is 2.63. The minimum atomic E-state index is -2.84. The molecule has 0 saturated carbocycles. The molecule has 0 radical (unpaired) electrons. The van der Waals surface area contributed by atoms with E-state index in [0.717, 1.165) is 11.8 Å². The third-order valence-corrected chi connectivity index (χ3v) is 6.75. The fraction of sp³-hybridized carbons (Fsp3) is 0.481. The van der Waals surface area contributed by atoms with E-state index in [9.17, 15) is 14.7 Å². The van der Waals surface area contributed by atoms with Gasteiger partial charge in [-0.3, -0.25) is 4.79 Å². The number of hydrogen-bond donors (Lipinski definition) is 1. The molecule has 1 N–H and O–H groups in total. The molecule has 2 amide bonds. The van der Waals surface area contributed by atoms with Crippen LogP contribution in [-0.4, -0.2) is 58.3 Å². The summed E-state index contributed by atoms with van der Waals surface area (Å²) >= 11 is 0. The first kappa shape index (κ1) is 25.3. The normalized spacial score (nSPS) is 25.8. The molecule has 2 aliphatic rings. The summed E-state index contributed by atoms with van der Waals surface area (Å²) in [6.45, 7) is 7.84. The lowest BCUT2D eigenvalue weighted by Crippen LogP contribution is -2.59. The number of imide groups is 1. The molecule has 0 aromatic heterocycles. The van der Waals surface area contributed by atoms with Crippen LogP contribution in [0.4, 0.5) is 9.18 Å². The molecule has 2 aliphatic heterocycles. The number of carbonyl (C=O) groups is 2. The summed E-state index contributed by atoms with van der Waals surface area (Å²) in [4.78, 5) is 27.9. The Hall–Kier alpha value is -2.81. The predicted octanol–water partition coefficient (Wildman–Crippen LogP) is 4.17. The number of cyclic esters (lactones) is 1. The summed E-state index contributed by atoms with van der Waals surface area (Å²) in [7, 11) is 0. The number of nitrogens with zero attached hydrogens (tertiary/aromatic N) is 1. The van der Waals surface area contributed by atoms with Crippen LogP contribution < -0.4 is 0 Å². The van der Waals surface area contributed by atoms with E-state index in [0.29, 0.717) is 11.1 Å². The Morgan fingerprint density at radius 1 is 1.09 bits per heavy atom. The first-order valence-electron chi connectivity index (χ1n) is 11.8. The van der Waals surface area contributed by atoms with Crippen LogP contribution in [0, 0.1) is 5.92 Å². The van der Waals surface area contributed by atoms with Crippen LogP contribution in [0.2, 0.25) is 0 Å². The average molecular weight is 486 g/mol. The van der Waals surface area contributed by atoms with E-state index in [1.807, 2.05) is 74.5 Å². The Balaban J connectivity index is 1.78. The maximum Gasteiger partial charge on any atom is 0.418 e. The maximum absolute atomic E-state index is 16.1. The number of carbonyl (C=O) groups excluding carboxylic acids is 2. The maximum atomic E-state index is 16.1. The average Bonchev–Trinajstić information content (AvgIpc) is 3.36. The van der Waals surface area contributed by atoms with Crippen molar-refractivity contribution in [2.24, 2.45) is 5.92 Å². The van der Waals surface area contributed by atoms with E-state index in [-0.39, 0.29) is 12.5 Å². The third kappa shape index (κ3) is 4.24. The zero-order valence-corrected chi connectivity index (χ0v) is 20.6. The Kier molecular flexibility index (Phi) is 6.51. The van der Waals surface area contributed by atoms with Crippen LogP contribution in [0.25, 0.3) is 0 Å². The lowest BCUT2D eigenvalue weighted by atomic mass is 9.75. The molecule has 2 saturated heterocycles. The van der Waals surface area contributed by atoms with Gasteiger partial charge in [-0.1, -0.05) is 74.5 Å². The van der Waals surface area contributed by atoms with Crippen LogP contribution in [0.5, 0.6) is 0 Å². The van der Waals surface area contributed by atoms with Crippen LogP contribution in [0.15, 0.2) is 60.7 Å². The smallest absolute Gasteiger partial charge is 0.418 e. The van der Waals surface area contributed by atoms with Gasteiger partial charge in [-0.05, 0) is 26.7 Å². The fourth-order valence-corrected chi connectivity index (χ4v) is 5.10. The minimum Gasteiger partial charge on any atom is -0.430 e. The first-order valence-corrected chi connectivity index (χ1v) is 11.8. The molecular weight excluding hydrogens is 453 g/mol. The molecule has 0 unspecified atom stereocenters. The van der Waals surface area contributed by atoms with Crippen molar-refractivity contribution in [3.63, 3.8) is 0 Å². The predicted molar refractivity (Wildman–Crippen MR) is 126 cm³/mol. The molecule has 0 spiro atoms. The van der Waals surface area contributed by atoms with Gasteiger partial charge in [0.2, 0.25) is 5.67 Å². The van der Waals surface area contributed by atoms with Gasteiger partial charge in [0.1, 0.15) is 12.2 Å². The Labute approximate surface area is 204 Å². The molecule has 2 aromatic carbocycles. The molecule has 7 nitrogen and oxygen atoms in total. The molecule has 0 bridgehead atoms. The highest BCUT2D eigenvalue weighted by molar-refractivity contribution is 5.99. The second kappa shape index (κ2) is 9.00. The van der Waals surface area contributed by atoms with Gasteiger partial charge in [-0.15, -0.1) is 0 Å². The topological polar surface area (TPSA) is 85.3 Å². The first-order chi connectivity index (χ1) is 16.4. The molecule has 2 heterocycles. The van der Waals surface area contributed by atoms with Gasteiger partial charge in [0.05, 0.1) is 12.6 Å². The van der Waals surface area contributed by atoms with E-state index in [1.54, 1.807) is 13.8 Å². The third-order valence-electron chi connectivity index (χ3n) is 6.75. The van der Waals surface area contributed by atoms with Gasteiger partial charge in [0.25, 0.3) is 5.91 Å². The summed E-state index contributed by atoms with van der Waals surface area (Å²) < 4.78 is 33.2. The Morgan fingerprint density at radius 2 is 1.60 bits per heavy atom. The van der Waals surface area contributed by atoms with Crippen molar-refractivity contribution in [3.05, 3.63) is 71.8 Å². The van der Waals surface area contributed by atoms with Gasteiger partial charge >= 0.3 is 6.09 Å². The second-order valence-electron chi connectivity index (χ2n) is 10.1. The molecule has 0 aliphatic carbocycles. The van der Waals surface area contributed by atoms with E-state index < -0.39 is 47.3 Å². The van der Waals surface area contributed by atoms with Gasteiger partial charge < -0.3 is 19.3 Å². The van der Waals surface area contributed by atoms with E-state index in [1.165, 1.54) is 0 Å². The zero-order chi connectivity index (χ0) is 25.6. The zero-order valence-electron chi connectivity index (χ0n) is 20.6. The van der Waals surface area contributed by atoms with E-state index in [2.05, 4.69) is 0 Å². The van der Waals surface area contributed by atoms with Gasteiger partial charge in [-0.25, -0.2) is 14.1 Å². The summed E-state index contributed by atoms with van der Waals surface area (Å²) in [6, 6.07) is 17.3. The number of alkyl halides is 1. The lowest BCUT2D eigenvalue weighted by Gasteiger charge is -2.39. The highest BCUT2D eigenvalue weighted by atomic mass is 19.1. The number of rotatable bonds is 6. The van der Waals surface area contributed by atoms with E-state index >= 15 is 4.39 Å². The number of aliphatic hydroxyl groups excluding tert-OH is 1. The molecule has 2 fully saturated rings. The van der Waals surface area contributed by atoms with Gasteiger partial charge in [-0.2, -0.15) is 0 Å². The lowest BCUT2D eigenvalue weighted by molar-refractivity contribution is -0.175. The van der Waals surface area contributed by atoms with Crippen molar-refractivity contribution >= 4 is 12.0 Å². The summed E-state index contributed by atoms with van der Waals surface area (Å²) in [5.74, 6) is -2.52. The molecule has 35 heavy (non-hydrogen) atoms. The fourth-order valence-electron chi connectivity index (χ4n) is 5.10. The molecule has 2 aromatic rings. The van der Waals surface area contributed by atoms with Crippen LogP contribution >= 0.6 is 0 Å². The summed E-state index contributed by atoms with van der Waals surface area (Å²) in [5, 5.41) is 10.8. The Morgan fingerprint density at radius 3 is 2.03 bits per heavy atom. The van der Waals surface area contributed by atoms with E-state index in [4.69, 9.17) is 14.2 Å². The minimum absolute atomic E-state index is 0.0863. The number of benzene rings is 2. The SMILES string of the molecule is CC(C)[C@@H]1N(C(=O)[C@](C)(F)[C@H](O)[C@H]2COC(C)(C)O2)C(=O)OC1(c1ccccc1)c1ccccc1. The van der Waals surface area contributed by atoms with Gasteiger partial charge in [0, 0.05) is 11.1 Å². The van der Waals surface area contributed by atoms with Crippen molar-refractivity contribution < 1.29 is 33.3 Å². The van der Waals surface area contributed by atoms with Crippen molar-refractivity contribution in [1.82, 2.24) is 4.90 Å². The number of halogens is 1. The monoisotopic (exact) mass is 485 g/mol. The summed E-state index contributed by atoms with van der Waals surface area (Å²) in [6.07, 6.45) is -3.91. The quantitative estimate of drug-likeness (QED) is 0.661. The Bertz CT molecular complexity index is 1030. The molecule has 4 atom stereocenters. The van der Waals surface area contributed by atoms with Crippen LogP contribution in [0.3, 0.4) is 0 Å². The molecule has 188 valence electrons. The molecule has 4 rings (SSSR count). The number of amides is 2. The number of hydrogen-bond acceptors (Lipinski definition) is 6. The number of aliphatic hydroxyl groups is 1. The van der Waals surface area contributed by atoms with Crippen LogP contribution in [-0.2, 0) is 24.6 Å². The van der Waals surface area contributed by atoms with Crippen molar-refractivity contribution in [1.29, 1.82) is 0 Å². The molecular formula is C27H32FNO6. The standard InChI is InChI=1S/C27H32FNO6/c1-17(2)21-27(18-12-8-6-9-13-18,19-14-10-7-11-15-19)35-24(32)29(21)23(31)26(5,28)22(30)20-16-33-25(3,4)34-20/h6-15,17,20-22,30H,16H2,1-5H3/t20-,21+,22-,26-/m1/s1. The largest absolute Gasteiger partial charge is 0.430 e. The summed E-state index contributed by atoms with van der Waals surface area (Å²) in [5.41, 5.74) is -2.89. The van der Waals surface area contributed by atoms with Crippen LogP contribution in [0.1, 0.15) is 45.7 Å².